The van der Waals surface area contributed by atoms with E-state index in [1.54, 1.807) is 45.6 Å². The van der Waals surface area contributed by atoms with E-state index >= 15 is 0 Å². The Kier molecular flexibility index (Phi) is 16.8. The Morgan fingerprint density at radius 2 is 1.63 bits per heavy atom. The van der Waals surface area contributed by atoms with E-state index in [1.807, 2.05) is 69.8 Å². The third-order valence-electron chi connectivity index (χ3n) is 6.36. The summed E-state index contributed by atoms with van der Waals surface area (Å²) in [6.45, 7) is 13.6. The summed E-state index contributed by atoms with van der Waals surface area (Å²) in [4.78, 5) is 37.4. The normalized spacial score (nSPS) is 10.0. The average molecular weight is 638 g/mol. The Bertz CT molecular complexity index is 1610. The summed E-state index contributed by atoms with van der Waals surface area (Å²) in [5, 5.41) is 15.6. The van der Waals surface area contributed by atoms with Gasteiger partial charge in [-0.3, -0.25) is 19.5 Å². The lowest BCUT2D eigenvalue weighted by Gasteiger charge is -2.22. The molecule has 0 unspecified atom stereocenters. The lowest BCUT2D eigenvalue weighted by Crippen LogP contribution is -2.29. The van der Waals surface area contributed by atoms with Gasteiger partial charge in [0.15, 0.2) is 0 Å². The first kappa shape index (κ1) is 39.3. The van der Waals surface area contributed by atoms with Crippen LogP contribution >= 0.6 is 0 Å². The summed E-state index contributed by atoms with van der Waals surface area (Å²) in [6.07, 6.45) is 2.85. The van der Waals surface area contributed by atoms with Crippen molar-refractivity contribution in [3.8, 4) is 22.6 Å². The second kappa shape index (κ2) is 19.6. The number of fused-ring (bicyclic) bond motifs is 1. The molecule has 0 fully saturated rings. The molecule has 0 bridgehead atoms. The van der Waals surface area contributed by atoms with E-state index in [-0.39, 0.29) is 17.2 Å². The van der Waals surface area contributed by atoms with Crippen LogP contribution in [-0.2, 0) is 7.05 Å². The minimum absolute atomic E-state index is 0.0873. The van der Waals surface area contributed by atoms with Crippen LogP contribution in [0, 0.1) is 10.1 Å². The molecule has 0 radical (unpaired) electrons. The monoisotopic (exact) mass is 637 g/mol. The summed E-state index contributed by atoms with van der Waals surface area (Å²) in [5.41, 5.74) is 2.03. The fourth-order valence-electron chi connectivity index (χ4n) is 4.17. The number of ether oxygens (including phenoxy) is 2. The number of aromatic nitrogens is 3. The third-order valence-corrected chi connectivity index (χ3v) is 6.36. The second-order valence-electron chi connectivity index (χ2n) is 9.98. The van der Waals surface area contributed by atoms with Gasteiger partial charge in [0.1, 0.15) is 22.8 Å². The molecule has 4 aromatic rings. The molecular weight excluding hydrogens is 586 g/mol. The van der Waals surface area contributed by atoms with Crippen LogP contribution in [0.3, 0.4) is 0 Å². The zero-order valence-corrected chi connectivity index (χ0v) is 29.5. The highest BCUT2D eigenvalue weighted by Crippen LogP contribution is 2.39. The van der Waals surface area contributed by atoms with Crippen molar-refractivity contribution in [3.63, 3.8) is 0 Å². The van der Waals surface area contributed by atoms with Crippen molar-refractivity contribution in [2.75, 3.05) is 58.7 Å². The Morgan fingerprint density at radius 3 is 2.20 bits per heavy atom. The van der Waals surface area contributed by atoms with Gasteiger partial charge in [-0.1, -0.05) is 60.1 Å². The number of methoxy groups -OCH3 is 2. The number of nitrogens with one attached hydrogen (secondary N) is 1. The number of pyridine rings is 1. The second-order valence-corrected chi connectivity index (χ2v) is 9.98. The van der Waals surface area contributed by atoms with Gasteiger partial charge in [0.2, 0.25) is 5.95 Å². The Balaban J connectivity index is 0.00000140. The van der Waals surface area contributed by atoms with Gasteiger partial charge >= 0.3 is 0 Å². The molecule has 0 aliphatic rings. The molecule has 0 saturated heterocycles. The molecule has 0 aliphatic heterocycles. The highest BCUT2D eigenvalue weighted by molar-refractivity contribution is 5.83. The fourth-order valence-corrected chi connectivity index (χ4v) is 4.17. The van der Waals surface area contributed by atoms with Gasteiger partial charge in [-0.15, -0.1) is 0 Å². The van der Waals surface area contributed by atoms with Crippen LogP contribution in [0.1, 0.15) is 48.0 Å². The molecule has 2 aromatic carbocycles. The van der Waals surface area contributed by atoms with Gasteiger partial charge in [0, 0.05) is 56.5 Å². The first-order valence-electron chi connectivity index (χ1n) is 15.5. The number of nitro benzene ring substituents is 1. The van der Waals surface area contributed by atoms with Crippen molar-refractivity contribution in [3.05, 3.63) is 69.1 Å². The number of hydrogen-bond acceptors (Lipinski definition) is 10. The Hall–Kier alpha value is -4.71. The van der Waals surface area contributed by atoms with Crippen molar-refractivity contribution in [1.82, 2.24) is 19.4 Å². The zero-order valence-electron chi connectivity index (χ0n) is 29.5. The molecule has 4 rings (SSSR count). The van der Waals surface area contributed by atoms with Gasteiger partial charge in [0.05, 0.1) is 24.8 Å². The van der Waals surface area contributed by atoms with Gasteiger partial charge in [-0.2, -0.15) is 4.98 Å². The number of nitro groups is 1. The Morgan fingerprint density at radius 1 is 0.978 bits per heavy atom. The predicted molar refractivity (Wildman–Crippen MR) is 190 cm³/mol. The fraction of sp³-hybridized carbons (Fsp3) is 0.441. The van der Waals surface area contributed by atoms with Crippen LogP contribution < -0.4 is 25.2 Å². The summed E-state index contributed by atoms with van der Waals surface area (Å²) < 4.78 is 12.3. The van der Waals surface area contributed by atoms with E-state index in [0.29, 0.717) is 51.6 Å². The van der Waals surface area contributed by atoms with E-state index < -0.39 is 4.92 Å². The molecule has 0 spiro atoms. The van der Waals surface area contributed by atoms with Crippen LogP contribution in [-0.4, -0.2) is 72.8 Å². The zero-order chi connectivity index (χ0) is 35.0. The topological polar surface area (TPSA) is 128 Å². The van der Waals surface area contributed by atoms with Crippen molar-refractivity contribution >= 4 is 34.0 Å². The van der Waals surface area contributed by atoms with Crippen LogP contribution in [0.4, 0.5) is 23.0 Å². The molecule has 1 N–H and O–H groups in total. The Labute approximate surface area is 273 Å². The minimum atomic E-state index is -0.433. The molecule has 2 aromatic heterocycles. The van der Waals surface area contributed by atoms with E-state index in [0.717, 1.165) is 6.54 Å². The predicted octanol–water partition coefficient (Wildman–Crippen LogP) is 7.13. The van der Waals surface area contributed by atoms with Gasteiger partial charge in [-0.25, -0.2) is 4.98 Å². The van der Waals surface area contributed by atoms with Gasteiger partial charge in [0.25, 0.3) is 11.2 Å². The quantitative estimate of drug-likeness (QED) is 0.142. The van der Waals surface area contributed by atoms with Crippen LogP contribution in [0.15, 0.2) is 53.5 Å². The molecule has 0 amide bonds. The lowest BCUT2D eigenvalue weighted by molar-refractivity contribution is -0.384. The standard InChI is InChI=1S/C27H31N7O5.C3H8.2C2H6/c1-31(2)10-11-32(3)22-15-24(39-6)21(14-23(22)34(36)37)29-27-28-16-18-13-20(26(35)33(4)25(18)30-27)17-8-7-9-19(12-17)38-5;1-3-2;2*1-2/h7-9,12-16H,10-11H2,1-6H3,(H,28,29,30);3H2,1-2H3;2*1-2H3. The molecular formula is C34H51N7O5. The van der Waals surface area contributed by atoms with Crippen LogP contribution in [0.2, 0.25) is 0 Å². The first-order chi connectivity index (χ1) is 22.0. The molecule has 0 atom stereocenters. The number of likely N-dealkylation sites (N-methyl/N-ethyl adjacent to an activating group) is 2. The maximum absolute atomic E-state index is 13.2. The SMILES string of the molecule is CC.CC.CCC.COc1cccc(-c2cc3cnc(Nc4cc([N+](=O)[O-])c(N(C)CCN(C)C)cc4OC)nc3n(C)c2=O)c1. The summed E-state index contributed by atoms with van der Waals surface area (Å²) >= 11 is 0. The van der Waals surface area contributed by atoms with Crippen LogP contribution in [0.25, 0.3) is 22.2 Å². The summed E-state index contributed by atoms with van der Waals surface area (Å²) in [7, 11) is 10.4. The molecule has 0 aliphatic carbocycles. The number of rotatable bonds is 10. The van der Waals surface area contributed by atoms with E-state index in [4.69, 9.17) is 9.47 Å². The largest absolute Gasteiger partial charge is 0.497 e. The maximum Gasteiger partial charge on any atom is 0.294 e. The molecule has 12 heteroatoms. The lowest BCUT2D eigenvalue weighted by atomic mass is 10.1. The maximum atomic E-state index is 13.2. The van der Waals surface area contributed by atoms with E-state index in [1.165, 1.54) is 24.2 Å². The number of hydrogen-bond donors (Lipinski definition) is 1. The number of aryl methyl sites for hydroxylation is 1. The molecule has 252 valence electrons. The molecule has 2 heterocycles. The van der Waals surface area contributed by atoms with Crippen LogP contribution in [0.5, 0.6) is 11.5 Å². The minimum Gasteiger partial charge on any atom is -0.497 e. The highest BCUT2D eigenvalue weighted by atomic mass is 16.6. The third kappa shape index (κ3) is 10.2. The van der Waals surface area contributed by atoms with Gasteiger partial charge in [-0.05, 0) is 37.9 Å². The highest BCUT2D eigenvalue weighted by Gasteiger charge is 2.22. The number of nitrogens with zero attached hydrogens (tertiary/aromatic N) is 6. The molecule has 46 heavy (non-hydrogen) atoms. The van der Waals surface area contributed by atoms with Gasteiger partial charge < -0.3 is 24.6 Å². The smallest absolute Gasteiger partial charge is 0.294 e. The average Bonchev–Trinajstić information content (AvgIpc) is 3.07. The van der Waals surface area contributed by atoms with Crippen molar-refractivity contribution < 1.29 is 14.4 Å². The summed E-state index contributed by atoms with van der Waals surface area (Å²) in [6, 6.07) is 12.0. The van der Waals surface area contributed by atoms with E-state index in [2.05, 4.69) is 29.1 Å². The summed E-state index contributed by atoms with van der Waals surface area (Å²) in [5.74, 6) is 1.19. The number of benzene rings is 2. The molecule has 12 nitrogen and oxygen atoms in total. The molecule has 0 saturated carbocycles. The number of anilines is 3. The van der Waals surface area contributed by atoms with Crippen molar-refractivity contribution in [1.29, 1.82) is 0 Å². The van der Waals surface area contributed by atoms with Crippen molar-refractivity contribution in [2.45, 2.75) is 48.0 Å². The van der Waals surface area contributed by atoms with E-state index in [9.17, 15) is 14.9 Å². The van der Waals surface area contributed by atoms with Crippen molar-refractivity contribution in [2.24, 2.45) is 7.05 Å². The first-order valence-corrected chi connectivity index (χ1v) is 15.5.